The molecule has 0 aromatic heterocycles. The summed E-state index contributed by atoms with van der Waals surface area (Å²) in [6, 6.07) is 16.8. The van der Waals surface area contributed by atoms with Crippen LogP contribution >= 0.6 is 0 Å². The second-order valence-electron chi connectivity index (χ2n) is 7.85. The minimum absolute atomic E-state index is 0.195. The second-order valence-corrected chi connectivity index (χ2v) is 10.0. The number of hydrogen-bond donors (Lipinski definition) is 0. The summed E-state index contributed by atoms with van der Waals surface area (Å²) < 4.78 is 31.0. The van der Waals surface area contributed by atoms with Gasteiger partial charge in [0.25, 0.3) is 0 Å². The van der Waals surface area contributed by atoms with Gasteiger partial charge in [-0.2, -0.15) is 0 Å². The molecule has 3 atom stereocenters. The lowest BCUT2D eigenvalue weighted by Crippen LogP contribution is -2.74. The van der Waals surface area contributed by atoms with E-state index in [1.54, 1.807) is 24.3 Å². The lowest BCUT2D eigenvalue weighted by Gasteiger charge is -2.52. The van der Waals surface area contributed by atoms with Crippen LogP contribution in [0.15, 0.2) is 65.8 Å². The van der Waals surface area contributed by atoms with Crippen molar-refractivity contribution in [2.75, 3.05) is 5.75 Å². The summed E-state index contributed by atoms with van der Waals surface area (Å²) in [7, 11) is -3.75. The first-order valence-corrected chi connectivity index (χ1v) is 11.4. The van der Waals surface area contributed by atoms with Crippen LogP contribution in [0, 0.1) is 0 Å². The third-order valence-electron chi connectivity index (χ3n) is 5.66. The Morgan fingerprint density at radius 2 is 1.71 bits per heavy atom. The third kappa shape index (κ3) is 3.64. The molecule has 0 radical (unpaired) electrons. The molecule has 0 spiro atoms. The highest BCUT2D eigenvalue weighted by Crippen LogP contribution is 2.41. The maximum atomic E-state index is 13.4. The van der Waals surface area contributed by atoms with Crippen LogP contribution in [0.4, 0.5) is 0 Å². The van der Waals surface area contributed by atoms with Crippen molar-refractivity contribution in [3.05, 3.63) is 82.2 Å². The quantitative estimate of drug-likeness (QED) is 0.232. The van der Waals surface area contributed by atoms with Gasteiger partial charge in [0.15, 0.2) is 15.9 Å². The number of β-lactam (4-membered cyclic amide) rings is 1. The van der Waals surface area contributed by atoms with Gasteiger partial charge in [-0.15, -0.1) is 0 Å². The first kappa shape index (κ1) is 20.9. The van der Waals surface area contributed by atoms with Gasteiger partial charge in [0.2, 0.25) is 5.91 Å². The van der Waals surface area contributed by atoms with Crippen molar-refractivity contribution in [3.63, 3.8) is 0 Å². The summed E-state index contributed by atoms with van der Waals surface area (Å²) in [4.78, 5) is 29.4. The van der Waals surface area contributed by atoms with Crippen LogP contribution in [0.25, 0.3) is 10.4 Å². The van der Waals surface area contributed by atoms with Crippen molar-refractivity contribution in [2.45, 2.75) is 36.4 Å². The second kappa shape index (κ2) is 7.72. The Labute approximate surface area is 179 Å². The molecule has 0 aliphatic carbocycles. The number of ether oxygens (including phenoxy) is 1. The minimum Gasteiger partial charge on any atom is -0.451 e. The van der Waals surface area contributed by atoms with Gasteiger partial charge in [0.05, 0.1) is 17.7 Å². The molecular formula is C21H20N4O5S. The molecule has 0 saturated carbocycles. The molecule has 2 aromatic carbocycles. The average molecular weight is 440 g/mol. The first-order valence-electron chi connectivity index (χ1n) is 9.66. The molecule has 2 aliphatic rings. The van der Waals surface area contributed by atoms with Gasteiger partial charge >= 0.3 is 5.97 Å². The summed E-state index contributed by atoms with van der Waals surface area (Å²) in [6.45, 7) is 1.36. The van der Waals surface area contributed by atoms with Crippen LogP contribution < -0.4 is 0 Å². The fourth-order valence-corrected chi connectivity index (χ4v) is 6.42. The van der Waals surface area contributed by atoms with Gasteiger partial charge < -0.3 is 9.64 Å². The van der Waals surface area contributed by atoms with Crippen LogP contribution in [0.2, 0.25) is 0 Å². The van der Waals surface area contributed by atoms with Gasteiger partial charge in [-0.25, -0.2) is 13.2 Å². The topological polar surface area (TPSA) is 130 Å². The zero-order valence-corrected chi connectivity index (χ0v) is 17.5. The lowest BCUT2D eigenvalue weighted by atomic mass is 9.90. The van der Waals surface area contributed by atoms with E-state index in [0.29, 0.717) is 11.1 Å². The lowest BCUT2D eigenvalue weighted by molar-refractivity contribution is -0.168. The predicted octanol–water partition coefficient (Wildman–Crippen LogP) is 2.74. The summed E-state index contributed by atoms with van der Waals surface area (Å²) >= 11 is 0. The molecule has 2 aliphatic heterocycles. The number of amides is 1. The van der Waals surface area contributed by atoms with Crippen molar-refractivity contribution in [3.8, 4) is 0 Å². The number of rotatable bonds is 5. The molecule has 2 heterocycles. The Morgan fingerprint density at radius 1 is 1.16 bits per heavy atom. The highest BCUT2D eigenvalue weighted by molar-refractivity contribution is 7.92. The van der Waals surface area contributed by atoms with E-state index >= 15 is 0 Å². The Morgan fingerprint density at radius 3 is 2.19 bits per heavy atom. The van der Waals surface area contributed by atoms with E-state index in [1.807, 2.05) is 36.4 Å². The summed E-state index contributed by atoms with van der Waals surface area (Å²) in [5.74, 6) is -1.86. The number of hydrogen-bond acceptors (Lipinski definition) is 6. The van der Waals surface area contributed by atoms with E-state index in [4.69, 9.17) is 10.3 Å². The Balaban J connectivity index is 1.73. The van der Waals surface area contributed by atoms with E-state index in [2.05, 4.69) is 10.0 Å². The van der Waals surface area contributed by atoms with Crippen LogP contribution in [0.3, 0.4) is 0 Å². The molecule has 0 unspecified atom stereocenters. The zero-order chi connectivity index (χ0) is 22.2. The molecule has 31 heavy (non-hydrogen) atoms. The zero-order valence-electron chi connectivity index (χ0n) is 16.7. The Kier molecular flexibility index (Phi) is 5.20. The number of fused-ring (bicyclic) bond motifs is 1. The number of carbonyl (C=O) groups is 2. The fourth-order valence-electron chi connectivity index (χ4n) is 4.21. The van der Waals surface area contributed by atoms with Crippen molar-refractivity contribution in [1.82, 2.24) is 4.90 Å². The molecule has 9 nitrogen and oxygen atoms in total. The van der Waals surface area contributed by atoms with Crippen LogP contribution in [-0.4, -0.2) is 47.9 Å². The molecule has 2 fully saturated rings. The monoisotopic (exact) mass is 440 g/mol. The van der Waals surface area contributed by atoms with Crippen LogP contribution in [0.1, 0.15) is 30.6 Å². The molecule has 1 amide bonds. The fraction of sp³-hybridized carbons (Fsp3) is 0.333. The highest BCUT2D eigenvalue weighted by atomic mass is 32.2. The summed E-state index contributed by atoms with van der Waals surface area (Å²) in [5.41, 5.74) is 8.77. The number of carbonyl (C=O) groups excluding carboxylic acids is 2. The maximum absolute atomic E-state index is 13.4. The summed E-state index contributed by atoms with van der Waals surface area (Å²) in [5, 5.41) is 2.52. The van der Waals surface area contributed by atoms with E-state index in [1.165, 1.54) is 6.92 Å². The normalized spacial score (nSPS) is 26.4. The van der Waals surface area contributed by atoms with Crippen LogP contribution in [-0.2, 0) is 24.2 Å². The molecule has 4 rings (SSSR count). The van der Waals surface area contributed by atoms with Crippen molar-refractivity contribution in [1.29, 1.82) is 0 Å². The van der Waals surface area contributed by atoms with Crippen molar-refractivity contribution >= 4 is 21.7 Å². The van der Waals surface area contributed by atoms with Gasteiger partial charge in [-0.05, 0) is 16.7 Å². The number of azide groups is 1. The average Bonchev–Trinajstić information content (AvgIpc) is 2.74. The van der Waals surface area contributed by atoms with Gasteiger partial charge in [-0.3, -0.25) is 4.79 Å². The maximum Gasteiger partial charge on any atom is 0.330 e. The number of nitrogens with zero attached hydrogens (tertiary/aromatic N) is 4. The van der Waals surface area contributed by atoms with Crippen LogP contribution in [0.5, 0.6) is 0 Å². The number of benzene rings is 2. The molecule has 10 heteroatoms. The molecule has 2 saturated heterocycles. The molecule has 160 valence electrons. The number of sulfone groups is 1. The van der Waals surface area contributed by atoms with Gasteiger partial charge in [0.1, 0.15) is 11.4 Å². The third-order valence-corrected chi connectivity index (χ3v) is 7.87. The minimum atomic E-state index is -3.75. The van der Waals surface area contributed by atoms with E-state index in [0.717, 1.165) is 4.90 Å². The predicted molar refractivity (Wildman–Crippen MR) is 111 cm³/mol. The first-order chi connectivity index (χ1) is 14.8. The van der Waals surface area contributed by atoms with E-state index in [9.17, 15) is 18.0 Å². The smallest absolute Gasteiger partial charge is 0.330 e. The van der Waals surface area contributed by atoms with Crippen molar-refractivity contribution in [2.24, 2.45) is 5.11 Å². The van der Waals surface area contributed by atoms with E-state index in [-0.39, 0.29) is 6.42 Å². The SMILES string of the molecule is C[C@@]1(N=[N+]=[N-])CS(=O)(=O)[C@@H]2CC(=O)N2[C@H]1C(=O)OC(c1ccccc1)c1ccccc1. The Bertz CT molecular complexity index is 1130. The van der Waals surface area contributed by atoms with Gasteiger partial charge in [-0.1, -0.05) is 72.7 Å². The molecule has 0 N–H and O–H groups in total. The highest BCUT2D eigenvalue weighted by Gasteiger charge is 2.62. The number of esters is 1. The largest absolute Gasteiger partial charge is 0.451 e. The molecular weight excluding hydrogens is 420 g/mol. The standard InChI is InChI=1S/C21H20N4O5S/c1-21(23-24-22)13-31(28,29)17-12-16(26)25(17)19(21)20(27)30-18(14-8-4-2-5-9-14)15-10-6-3-7-11-15/h2-11,17-19H,12-13H2,1H3/t17-,19+,21-/m1/s1. The molecule has 0 bridgehead atoms. The van der Waals surface area contributed by atoms with Crippen molar-refractivity contribution < 1.29 is 22.7 Å². The van der Waals surface area contributed by atoms with E-state index < -0.39 is 50.5 Å². The molecule has 2 aromatic rings. The Hall–Kier alpha value is -3.36. The summed E-state index contributed by atoms with van der Waals surface area (Å²) in [6.07, 6.45) is -0.974. The van der Waals surface area contributed by atoms with Gasteiger partial charge in [0, 0.05) is 4.91 Å².